The fourth-order valence-corrected chi connectivity index (χ4v) is 4.25. The number of carbonyl (C=O) groups is 1. The Labute approximate surface area is 204 Å². The standard InChI is InChI=1S/C30H40N2O2/c1-8-9-16-32(20-22-19-31-26-13-11-10-12-23(22)26)27(33)15-14-21-17-24(29(2,3)4)28(34)25(18-21)30(5,6)7/h10-15,17-19,31,34H,8-9,16,20H2,1-7H3/b15-14+. The molecule has 2 N–H and O–H groups in total. The number of H-pyrrole nitrogens is 1. The van der Waals surface area contributed by atoms with E-state index in [2.05, 4.69) is 65.6 Å². The molecule has 0 aliphatic rings. The Morgan fingerprint density at radius 3 is 2.24 bits per heavy atom. The van der Waals surface area contributed by atoms with Gasteiger partial charge >= 0.3 is 0 Å². The van der Waals surface area contributed by atoms with Crippen molar-refractivity contribution in [3.05, 3.63) is 70.9 Å². The minimum atomic E-state index is -0.208. The first-order valence-electron chi connectivity index (χ1n) is 12.3. The summed E-state index contributed by atoms with van der Waals surface area (Å²) in [6, 6.07) is 12.2. The minimum Gasteiger partial charge on any atom is -0.507 e. The number of amides is 1. The van der Waals surface area contributed by atoms with Crippen LogP contribution in [0.15, 0.2) is 48.7 Å². The molecular formula is C30H40N2O2. The number of rotatable bonds is 7. The van der Waals surface area contributed by atoms with Crippen LogP contribution in [0.5, 0.6) is 5.75 Å². The lowest BCUT2D eigenvalue weighted by molar-refractivity contribution is -0.126. The number of aromatic hydroxyl groups is 1. The molecule has 4 nitrogen and oxygen atoms in total. The van der Waals surface area contributed by atoms with Crippen molar-refractivity contribution < 1.29 is 9.90 Å². The van der Waals surface area contributed by atoms with Gasteiger partial charge in [0.1, 0.15) is 5.75 Å². The zero-order valence-electron chi connectivity index (χ0n) is 21.8. The van der Waals surface area contributed by atoms with Crippen LogP contribution >= 0.6 is 0 Å². The van der Waals surface area contributed by atoms with Crippen LogP contribution in [0.3, 0.4) is 0 Å². The Bertz CT molecular complexity index is 1140. The van der Waals surface area contributed by atoms with Crippen molar-refractivity contribution in [1.29, 1.82) is 0 Å². The third-order valence-electron chi connectivity index (χ3n) is 6.30. The zero-order valence-corrected chi connectivity index (χ0v) is 21.8. The molecule has 0 saturated carbocycles. The number of carbonyl (C=O) groups excluding carboxylic acids is 1. The van der Waals surface area contributed by atoms with Crippen molar-refractivity contribution in [3.8, 4) is 5.75 Å². The molecule has 34 heavy (non-hydrogen) atoms. The molecule has 0 aliphatic carbocycles. The molecule has 0 unspecified atom stereocenters. The smallest absolute Gasteiger partial charge is 0.246 e. The summed E-state index contributed by atoms with van der Waals surface area (Å²) in [6.07, 6.45) is 7.56. The molecule has 1 amide bonds. The second-order valence-corrected chi connectivity index (χ2v) is 11.3. The van der Waals surface area contributed by atoms with Crippen molar-refractivity contribution in [2.75, 3.05) is 6.54 Å². The van der Waals surface area contributed by atoms with E-state index in [1.165, 1.54) is 0 Å². The van der Waals surface area contributed by atoms with E-state index in [-0.39, 0.29) is 16.7 Å². The van der Waals surface area contributed by atoms with Gasteiger partial charge in [0, 0.05) is 47.4 Å². The quantitative estimate of drug-likeness (QED) is 0.363. The number of aromatic nitrogens is 1. The molecule has 1 aromatic heterocycles. The monoisotopic (exact) mass is 460 g/mol. The molecule has 0 spiro atoms. The van der Waals surface area contributed by atoms with Crippen LogP contribution in [0.25, 0.3) is 17.0 Å². The van der Waals surface area contributed by atoms with E-state index in [0.29, 0.717) is 12.3 Å². The molecule has 0 bridgehead atoms. The molecule has 1 heterocycles. The van der Waals surface area contributed by atoms with Gasteiger partial charge in [-0.05, 0) is 52.7 Å². The number of aromatic amines is 1. The maximum atomic E-state index is 13.3. The van der Waals surface area contributed by atoms with Crippen LogP contribution in [0, 0.1) is 0 Å². The van der Waals surface area contributed by atoms with E-state index < -0.39 is 0 Å². The van der Waals surface area contributed by atoms with Gasteiger partial charge in [0.2, 0.25) is 5.91 Å². The summed E-state index contributed by atoms with van der Waals surface area (Å²) >= 11 is 0. The van der Waals surface area contributed by atoms with Gasteiger partial charge in [0.15, 0.2) is 0 Å². The van der Waals surface area contributed by atoms with Gasteiger partial charge in [-0.1, -0.05) is 73.1 Å². The van der Waals surface area contributed by atoms with E-state index in [4.69, 9.17) is 0 Å². The summed E-state index contributed by atoms with van der Waals surface area (Å²) < 4.78 is 0. The highest BCUT2D eigenvalue weighted by Crippen LogP contribution is 2.40. The van der Waals surface area contributed by atoms with E-state index in [0.717, 1.165) is 52.5 Å². The molecular weight excluding hydrogens is 420 g/mol. The summed E-state index contributed by atoms with van der Waals surface area (Å²) in [7, 11) is 0. The van der Waals surface area contributed by atoms with Gasteiger partial charge in [-0.15, -0.1) is 0 Å². The van der Waals surface area contributed by atoms with E-state index >= 15 is 0 Å². The lowest BCUT2D eigenvalue weighted by Gasteiger charge is -2.28. The van der Waals surface area contributed by atoms with Crippen molar-refractivity contribution in [2.24, 2.45) is 0 Å². The maximum absolute atomic E-state index is 13.3. The normalized spacial score (nSPS) is 12.6. The molecule has 2 aromatic carbocycles. The average Bonchev–Trinajstić information content (AvgIpc) is 3.16. The Kier molecular flexibility index (Phi) is 7.60. The van der Waals surface area contributed by atoms with E-state index in [1.807, 2.05) is 41.4 Å². The molecule has 182 valence electrons. The third-order valence-corrected chi connectivity index (χ3v) is 6.30. The van der Waals surface area contributed by atoms with Gasteiger partial charge in [0.25, 0.3) is 0 Å². The van der Waals surface area contributed by atoms with Gasteiger partial charge in [-0.2, -0.15) is 0 Å². The highest BCUT2D eigenvalue weighted by Gasteiger charge is 2.26. The second kappa shape index (κ2) is 10.1. The van der Waals surface area contributed by atoms with Crippen LogP contribution in [0.1, 0.15) is 83.6 Å². The number of hydrogen-bond acceptors (Lipinski definition) is 2. The zero-order chi connectivity index (χ0) is 25.1. The summed E-state index contributed by atoms with van der Waals surface area (Å²) in [5, 5.41) is 12.1. The number of nitrogens with one attached hydrogen (secondary N) is 1. The first-order valence-corrected chi connectivity index (χ1v) is 12.3. The summed E-state index contributed by atoms with van der Waals surface area (Å²) in [5.74, 6) is 0.355. The fraction of sp³-hybridized carbons (Fsp3) is 0.433. The van der Waals surface area contributed by atoms with Crippen LogP contribution in [-0.2, 0) is 22.2 Å². The third kappa shape index (κ3) is 5.91. The minimum absolute atomic E-state index is 0.00132. The number of para-hydroxylation sites is 1. The number of nitrogens with zero attached hydrogens (tertiary/aromatic N) is 1. The van der Waals surface area contributed by atoms with Crippen molar-refractivity contribution in [3.63, 3.8) is 0 Å². The van der Waals surface area contributed by atoms with E-state index in [1.54, 1.807) is 6.08 Å². The lowest BCUT2D eigenvalue weighted by Crippen LogP contribution is -2.29. The molecule has 3 aromatic rings. The van der Waals surface area contributed by atoms with Gasteiger partial charge < -0.3 is 15.0 Å². The summed E-state index contributed by atoms with van der Waals surface area (Å²) in [5.41, 5.74) is 4.53. The topological polar surface area (TPSA) is 56.3 Å². The van der Waals surface area contributed by atoms with Crippen LogP contribution < -0.4 is 0 Å². The number of fused-ring (bicyclic) bond motifs is 1. The van der Waals surface area contributed by atoms with Gasteiger partial charge in [0.05, 0.1) is 0 Å². The highest BCUT2D eigenvalue weighted by molar-refractivity contribution is 5.92. The molecule has 0 saturated heterocycles. The summed E-state index contributed by atoms with van der Waals surface area (Å²) in [4.78, 5) is 18.5. The molecule has 0 fully saturated rings. The highest BCUT2D eigenvalue weighted by atomic mass is 16.3. The largest absolute Gasteiger partial charge is 0.507 e. The Morgan fingerprint density at radius 2 is 1.65 bits per heavy atom. The molecule has 0 aliphatic heterocycles. The Morgan fingerprint density at radius 1 is 1.03 bits per heavy atom. The first-order chi connectivity index (χ1) is 15.9. The SMILES string of the molecule is CCCCN(Cc1c[nH]c2ccccc12)C(=O)/C=C/c1cc(C(C)(C)C)c(O)c(C(C)(C)C)c1. The molecule has 4 heteroatoms. The average molecular weight is 461 g/mol. The molecule has 3 rings (SSSR count). The second-order valence-electron chi connectivity index (χ2n) is 11.3. The van der Waals surface area contributed by atoms with Crippen LogP contribution in [-0.4, -0.2) is 27.4 Å². The maximum Gasteiger partial charge on any atom is 0.246 e. The van der Waals surface area contributed by atoms with Crippen LogP contribution in [0.4, 0.5) is 0 Å². The predicted molar refractivity (Wildman–Crippen MR) is 143 cm³/mol. The Hall–Kier alpha value is -3.01. The first kappa shape index (κ1) is 25.6. The van der Waals surface area contributed by atoms with Crippen molar-refractivity contribution in [2.45, 2.75) is 78.7 Å². The number of hydrogen-bond donors (Lipinski definition) is 2. The summed E-state index contributed by atoms with van der Waals surface area (Å²) in [6.45, 7) is 16.0. The number of unbranched alkanes of at least 4 members (excludes halogenated alkanes) is 1. The van der Waals surface area contributed by atoms with Crippen molar-refractivity contribution in [1.82, 2.24) is 9.88 Å². The number of benzene rings is 2. The van der Waals surface area contributed by atoms with Crippen molar-refractivity contribution >= 4 is 22.9 Å². The fourth-order valence-electron chi connectivity index (χ4n) is 4.25. The number of phenols is 1. The van der Waals surface area contributed by atoms with Crippen LogP contribution in [0.2, 0.25) is 0 Å². The molecule has 0 atom stereocenters. The van der Waals surface area contributed by atoms with E-state index in [9.17, 15) is 9.90 Å². The lowest BCUT2D eigenvalue weighted by atomic mass is 9.78. The van der Waals surface area contributed by atoms with Gasteiger partial charge in [-0.3, -0.25) is 4.79 Å². The number of phenolic OH excluding ortho intramolecular Hbond substituents is 1. The Balaban J connectivity index is 1.91. The molecule has 0 radical (unpaired) electrons. The van der Waals surface area contributed by atoms with Gasteiger partial charge in [-0.25, -0.2) is 0 Å². The predicted octanol–water partition coefficient (Wildman–Crippen LogP) is 7.31.